The number of anilines is 2. The molecule has 0 saturated heterocycles. The van der Waals surface area contributed by atoms with Gasteiger partial charge in [-0.05, 0) is 49.1 Å². The molecular weight excluding hydrogens is 248 g/mol. The minimum Gasteiger partial charge on any atom is -0.399 e. The second-order valence-corrected chi connectivity index (χ2v) is 5.27. The third-order valence-corrected chi connectivity index (χ3v) is 3.80. The first-order valence-electron chi connectivity index (χ1n) is 6.93. The Kier molecular flexibility index (Phi) is 3.18. The smallest absolute Gasteiger partial charge is 0.258 e. The van der Waals surface area contributed by atoms with Crippen LogP contribution in [0.1, 0.15) is 27.9 Å². The first-order chi connectivity index (χ1) is 9.66. The van der Waals surface area contributed by atoms with E-state index in [1.54, 1.807) is 12.1 Å². The van der Waals surface area contributed by atoms with Gasteiger partial charge in [0.15, 0.2) is 0 Å². The monoisotopic (exact) mass is 266 g/mol. The summed E-state index contributed by atoms with van der Waals surface area (Å²) in [6, 6.07) is 13.4. The fourth-order valence-corrected chi connectivity index (χ4v) is 2.88. The summed E-state index contributed by atoms with van der Waals surface area (Å²) in [5.74, 6) is 0.0348. The van der Waals surface area contributed by atoms with E-state index in [4.69, 9.17) is 5.73 Å². The number of carbonyl (C=O) groups excluding carboxylic acids is 1. The predicted octanol–water partition coefficient (Wildman–Crippen LogP) is 3.17. The molecule has 20 heavy (non-hydrogen) atoms. The van der Waals surface area contributed by atoms with Gasteiger partial charge in [-0.15, -0.1) is 0 Å². The quantitative estimate of drug-likeness (QED) is 0.806. The predicted molar refractivity (Wildman–Crippen MR) is 82.0 cm³/mol. The number of fused-ring (bicyclic) bond motifs is 1. The van der Waals surface area contributed by atoms with Crippen molar-refractivity contribution >= 4 is 17.3 Å². The van der Waals surface area contributed by atoms with Crippen molar-refractivity contribution in [1.29, 1.82) is 0 Å². The summed E-state index contributed by atoms with van der Waals surface area (Å²) in [7, 11) is 0. The van der Waals surface area contributed by atoms with Crippen molar-refractivity contribution in [3.05, 3.63) is 59.2 Å². The highest BCUT2D eigenvalue weighted by Crippen LogP contribution is 2.31. The molecule has 102 valence electrons. The first-order valence-corrected chi connectivity index (χ1v) is 6.93. The van der Waals surface area contributed by atoms with E-state index in [1.165, 1.54) is 5.56 Å². The molecule has 3 nitrogen and oxygen atoms in total. The number of carbonyl (C=O) groups is 1. The molecule has 1 amide bonds. The Morgan fingerprint density at radius 1 is 1.20 bits per heavy atom. The molecular formula is C17H18N2O. The van der Waals surface area contributed by atoms with E-state index in [1.807, 2.05) is 17.0 Å². The van der Waals surface area contributed by atoms with E-state index in [2.05, 4.69) is 25.1 Å². The molecule has 0 saturated carbocycles. The summed E-state index contributed by atoms with van der Waals surface area (Å²) in [6.45, 7) is 2.83. The summed E-state index contributed by atoms with van der Waals surface area (Å²) in [6.07, 6.45) is 2.04. The summed E-state index contributed by atoms with van der Waals surface area (Å²) in [5.41, 5.74) is 10.5. The molecule has 2 aromatic carbocycles. The second-order valence-electron chi connectivity index (χ2n) is 5.27. The Morgan fingerprint density at radius 3 is 2.80 bits per heavy atom. The molecule has 0 aliphatic carbocycles. The van der Waals surface area contributed by atoms with Crippen LogP contribution in [-0.2, 0) is 6.42 Å². The Hall–Kier alpha value is -2.29. The van der Waals surface area contributed by atoms with Gasteiger partial charge in [0.05, 0.1) is 5.69 Å². The SMILES string of the molecule is Cc1cccc2c1N(C(=O)c1cccc(N)c1)CCC2. The van der Waals surface area contributed by atoms with Crippen LogP contribution in [0.5, 0.6) is 0 Å². The molecule has 0 fully saturated rings. The molecule has 0 atom stereocenters. The lowest BCUT2D eigenvalue weighted by Gasteiger charge is -2.31. The van der Waals surface area contributed by atoms with E-state index in [0.717, 1.165) is 30.6 Å². The van der Waals surface area contributed by atoms with Gasteiger partial charge in [-0.2, -0.15) is 0 Å². The third-order valence-electron chi connectivity index (χ3n) is 3.80. The highest BCUT2D eigenvalue weighted by atomic mass is 16.2. The van der Waals surface area contributed by atoms with Crippen molar-refractivity contribution in [3.8, 4) is 0 Å². The van der Waals surface area contributed by atoms with Gasteiger partial charge in [0, 0.05) is 17.8 Å². The Morgan fingerprint density at radius 2 is 2.00 bits per heavy atom. The summed E-state index contributed by atoms with van der Waals surface area (Å²) < 4.78 is 0. The Balaban J connectivity index is 2.03. The molecule has 0 bridgehead atoms. The minimum absolute atomic E-state index is 0.0348. The van der Waals surface area contributed by atoms with Gasteiger partial charge in [-0.3, -0.25) is 4.79 Å². The van der Waals surface area contributed by atoms with Gasteiger partial charge >= 0.3 is 0 Å². The van der Waals surface area contributed by atoms with Gasteiger partial charge in [0.25, 0.3) is 5.91 Å². The fraction of sp³-hybridized carbons (Fsp3) is 0.235. The Labute approximate surface area is 119 Å². The van der Waals surface area contributed by atoms with Crippen molar-refractivity contribution in [2.24, 2.45) is 0 Å². The molecule has 3 heteroatoms. The maximum absolute atomic E-state index is 12.7. The third kappa shape index (κ3) is 2.16. The first kappa shape index (κ1) is 12.7. The number of hydrogen-bond donors (Lipinski definition) is 1. The molecule has 3 rings (SSSR count). The number of benzene rings is 2. The molecule has 2 N–H and O–H groups in total. The van der Waals surface area contributed by atoms with Crippen LogP contribution in [0.3, 0.4) is 0 Å². The van der Waals surface area contributed by atoms with E-state index in [-0.39, 0.29) is 5.91 Å². The molecule has 1 heterocycles. The number of nitrogen functional groups attached to an aromatic ring is 1. The molecule has 0 aromatic heterocycles. The molecule has 1 aliphatic rings. The molecule has 2 aromatic rings. The normalized spacial score (nSPS) is 13.9. The van der Waals surface area contributed by atoms with Crippen LogP contribution in [0.25, 0.3) is 0 Å². The zero-order valence-electron chi connectivity index (χ0n) is 11.6. The number of rotatable bonds is 1. The Bertz CT molecular complexity index is 664. The van der Waals surface area contributed by atoms with Crippen LogP contribution >= 0.6 is 0 Å². The van der Waals surface area contributed by atoms with Gasteiger partial charge in [-0.25, -0.2) is 0 Å². The van der Waals surface area contributed by atoms with Crippen LogP contribution in [0, 0.1) is 6.92 Å². The van der Waals surface area contributed by atoms with Crippen molar-refractivity contribution < 1.29 is 4.79 Å². The number of amides is 1. The van der Waals surface area contributed by atoms with Gasteiger partial charge in [0.2, 0.25) is 0 Å². The largest absolute Gasteiger partial charge is 0.399 e. The lowest BCUT2D eigenvalue weighted by atomic mass is 9.97. The van der Waals surface area contributed by atoms with Crippen LogP contribution < -0.4 is 10.6 Å². The maximum Gasteiger partial charge on any atom is 0.258 e. The van der Waals surface area contributed by atoms with E-state index in [0.29, 0.717) is 11.3 Å². The number of aryl methyl sites for hydroxylation is 2. The second kappa shape index (κ2) is 5.00. The number of para-hydroxylation sites is 1. The van der Waals surface area contributed by atoms with Gasteiger partial charge in [0.1, 0.15) is 0 Å². The van der Waals surface area contributed by atoms with Crippen LogP contribution in [0.15, 0.2) is 42.5 Å². The molecule has 0 spiro atoms. The topological polar surface area (TPSA) is 46.3 Å². The maximum atomic E-state index is 12.7. The van der Waals surface area contributed by atoms with Crippen molar-refractivity contribution in [1.82, 2.24) is 0 Å². The van der Waals surface area contributed by atoms with Crippen LogP contribution in [0.4, 0.5) is 11.4 Å². The average molecular weight is 266 g/mol. The van der Waals surface area contributed by atoms with Gasteiger partial charge in [-0.1, -0.05) is 24.3 Å². The van der Waals surface area contributed by atoms with E-state index >= 15 is 0 Å². The van der Waals surface area contributed by atoms with Crippen molar-refractivity contribution in [2.75, 3.05) is 17.2 Å². The molecule has 0 radical (unpaired) electrons. The van der Waals surface area contributed by atoms with Gasteiger partial charge < -0.3 is 10.6 Å². The van der Waals surface area contributed by atoms with Crippen LogP contribution in [0.2, 0.25) is 0 Å². The summed E-state index contributed by atoms with van der Waals surface area (Å²) >= 11 is 0. The highest BCUT2D eigenvalue weighted by Gasteiger charge is 2.24. The van der Waals surface area contributed by atoms with Crippen molar-refractivity contribution in [2.45, 2.75) is 19.8 Å². The standard InChI is InChI=1S/C17H18N2O/c1-12-5-2-6-13-8-4-10-19(16(12)13)17(20)14-7-3-9-15(18)11-14/h2-3,5-7,9,11H,4,8,10,18H2,1H3. The highest BCUT2D eigenvalue weighted by molar-refractivity contribution is 6.07. The molecule has 0 unspecified atom stereocenters. The average Bonchev–Trinajstić information content (AvgIpc) is 2.46. The van der Waals surface area contributed by atoms with Crippen LogP contribution in [-0.4, -0.2) is 12.5 Å². The van der Waals surface area contributed by atoms with E-state index in [9.17, 15) is 4.79 Å². The lowest BCUT2D eigenvalue weighted by Crippen LogP contribution is -2.36. The number of nitrogens with zero attached hydrogens (tertiary/aromatic N) is 1. The number of nitrogens with two attached hydrogens (primary N) is 1. The zero-order valence-corrected chi connectivity index (χ0v) is 11.6. The van der Waals surface area contributed by atoms with Crippen molar-refractivity contribution in [3.63, 3.8) is 0 Å². The van der Waals surface area contributed by atoms with E-state index < -0.39 is 0 Å². The summed E-state index contributed by atoms with van der Waals surface area (Å²) in [4.78, 5) is 14.6. The molecule has 1 aliphatic heterocycles. The fourth-order valence-electron chi connectivity index (χ4n) is 2.88. The number of hydrogen-bond acceptors (Lipinski definition) is 2. The minimum atomic E-state index is 0.0348. The summed E-state index contributed by atoms with van der Waals surface area (Å²) in [5, 5.41) is 0. The lowest BCUT2D eigenvalue weighted by molar-refractivity contribution is 0.0985. The zero-order chi connectivity index (χ0) is 14.1.